The molecule has 1 amide bonds. The highest BCUT2D eigenvalue weighted by molar-refractivity contribution is 7.11. The zero-order chi connectivity index (χ0) is 16.7. The lowest BCUT2D eigenvalue weighted by atomic mass is 9.98. The lowest BCUT2D eigenvalue weighted by Gasteiger charge is -2.31. The first-order chi connectivity index (χ1) is 11.6. The van der Waals surface area contributed by atoms with E-state index in [0.29, 0.717) is 11.6 Å². The van der Waals surface area contributed by atoms with Crippen LogP contribution in [-0.2, 0) is 0 Å². The van der Waals surface area contributed by atoms with Gasteiger partial charge in [-0.15, -0.1) is 11.3 Å². The summed E-state index contributed by atoms with van der Waals surface area (Å²) in [5.74, 6) is 0.372. The Kier molecular flexibility index (Phi) is 3.84. The van der Waals surface area contributed by atoms with E-state index >= 15 is 0 Å². The summed E-state index contributed by atoms with van der Waals surface area (Å²) in [5.41, 5.74) is 2.43. The van der Waals surface area contributed by atoms with E-state index in [1.54, 1.807) is 11.3 Å². The third-order valence-corrected chi connectivity index (χ3v) is 5.69. The van der Waals surface area contributed by atoms with Crippen LogP contribution in [0.15, 0.2) is 30.6 Å². The van der Waals surface area contributed by atoms with Crippen LogP contribution in [0.25, 0.3) is 5.65 Å². The summed E-state index contributed by atoms with van der Waals surface area (Å²) in [4.78, 5) is 25.1. The van der Waals surface area contributed by atoms with Crippen LogP contribution >= 0.6 is 11.3 Å². The Morgan fingerprint density at radius 1 is 1.33 bits per heavy atom. The van der Waals surface area contributed by atoms with E-state index in [1.165, 1.54) is 4.88 Å². The monoisotopic (exact) mass is 340 g/mol. The van der Waals surface area contributed by atoms with Gasteiger partial charge in [-0.1, -0.05) is 6.07 Å². The van der Waals surface area contributed by atoms with E-state index in [9.17, 15) is 4.79 Å². The molecule has 1 fully saturated rings. The number of amides is 1. The van der Waals surface area contributed by atoms with Gasteiger partial charge in [0, 0.05) is 42.0 Å². The van der Waals surface area contributed by atoms with E-state index in [-0.39, 0.29) is 5.91 Å². The summed E-state index contributed by atoms with van der Waals surface area (Å²) in [6.07, 6.45) is 5.89. The number of fused-ring (bicyclic) bond motifs is 1. The molecule has 0 saturated carbocycles. The van der Waals surface area contributed by atoms with Gasteiger partial charge in [0.1, 0.15) is 11.3 Å². The van der Waals surface area contributed by atoms with Crippen molar-refractivity contribution in [1.29, 1.82) is 0 Å². The number of hydrogen-bond donors (Lipinski definition) is 0. The molecule has 3 aromatic rings. The minimum absolute atomic E-state index is 0.0241. The molecule has 4 rings (SSSR count). The summed E-state index contributed by atoms with van der Waals surface area (Å²) >= 11 is 1.74. The van der Waals surface area contributed by atoms with E-state index in [2.05, 4.69) is 16.9 Å². The molecule has 0 N–H and O–H groups in total. The maximum Gasteiger partial charge on any atom is 0.274 e. The first-order valence-electron chi connectivity index (χ1n) is 8.28. The summed E-state index contributed by atoms with van der Waals surface area (Å²) in [6.45, 7) is 5.63. The maximum atomic E-state index is 12.9. The van der Waals surface area contributed by atoms with Gasteiger partial charge in [0.05, 0.1) is 5.01 Å². The van der Waals surface area contributed by atoms with Gasteiger partial charge in [-0.05, 0) is 38.8 Å². The van der Waals surface area contributed by atoms with Crippen molar-refractivity contribution in [2.45, 2.75) is 32.6 Å². The highest BCUT2D eigenvalue weighted by Gasteiger charge is 2.28. The van der Waals surface area contributed by atoms with Gasteiger partial charge in [-0.2, -0.15) is 0 Å². The van der Waals surface area contributed by atoms with Gasteiger partial charge < -0.3 is 9.30 Å². The van der Waals surface area contributed by atoms with Crippen LogP contribution in [-0.4, -0.2) is 38.3 Å². The van der Waals surface area contributed by atoms with E-state index in [0.717, 1.165) is 42.3 Å². The van der Waals surface area contributed by atoms with Crippen molar-refractivity contribution in [3.63, 3.8) is 0 Å². The zero-order valence-corrected chi connectivity index (χ0v) is 14.7. The second-order valence-corrected chi connectivity index (χ2v) is 7.69. The number of nitrogens with zero attached hydrogens (tertiary/aromatic N) is 4. The number of likely N-dealkylation sites (tertiary alicyclic amines) is 1. The van der Waals surface area contributed by atoms with Crippen molar-refractivity contribution < 1.29 is 4.79 Å². The number of imidazole rings is 1. The number of aromatic nitrogens is 3. The number of piperidine rings is 1. The molecule has 1 aliphatic heterocycles. The predicted molar refractivity (Wildman–Crippen MR) is 94.7 cm³/mol. The van der Waals surface area contributed by atoms with E-state index in [4.69, 9.17) is 0 Å². The van der Waals surface area contributed by atoms with E-state index in [1.807, 2.05) is 46.8 Å². The molecule has 1 aliphatic rings. The van der Waals surface area contributed by atoms with Crippen molar-refractivity contribution in [1.82, 2.24) is 19.3 Å². The fourth-order valence-corrected chi connectivity index (χ4v) is 4.24. The number of rotatable bonds is 2. The molecule has 3 aromatic heterocycles. The molecule has 5 nitrogen and oxygen atoms in total. The molecule has 0 aromatic carbocycles. The molecule has 0 unspecified atom stereocenters. The molecular weight excluding hydrogens is 320 g/mol. The number of thiazole rings is 1. The minimum atomic E-state index is 0.0241. The Hall–Kier alpha value is -2.21. The number of carbonyl (C=O) groups is 1. The SMILES string of the molecule is Cc1cnc([C@@H]2CCCN(C(=O)c3cn4c(C)cccc4n3)C2)s1. The minimum Gasteiger partial charge on any atom is -0.337 e. The Morgan fingerprint density at radius 3 is 2.96 bits per heavy atom. The molecule has 6 heteroatoms. The van der Waals surface area contributed by atoms with Crippen LogP contribution < -0.4 is 0 Å². The van der Waals surface area contributed by atoms with Crippen LogP contribution in [0.4, 0.5) is 0 Å². The molecule has 0 radical (unpaired) electrons. The van der Waals surface area contributed by atoms with Gasteiger partial charge in [0.15, 0.2) is 0 Å². The second-order valence-electron chi connectivity index (χ2n) is 6.42. The number of carbonyl (C=O) groups excluding carboxylic acids is 1. The summed E-state index contributed by atoms with van der Waals surface area (Å²) in [6, 6.07) is 5.92. The fourth-order valence-electron chi connectivity index (χ4n) is 3.34. The van der Waals surface area contributed by atoms with Crippen LogP contribution in [0.2, 0.25) is 0 Å². The van der Waals surface area contributed by atoms with Crippen LogP contribution in [0.1, 0.15) is 44.8 Å². The average Bonchev–Trinajstić information content (AvgIpc) is 3.21. The fraction of sp³-hybridized carbons (Fsp3) is 0.389. The summed E-state index contributed by atoms with van der Waals surface area (Å²) < 4.78 is 1.97. The van der Waals surface area contributed by atoms with Gasteiger partial charge in [0.25, 0.3) is 5.91 Å². The standard InChI is InChI=1S/C18H20N4OS/c1-12-5-3-7-16-20-15(11-22(12)16)18(23)21-8-4-6-14(10-21)17-19-9-13(2)24-17/h3,5,7,9,11,14H,4,6,8,10H2,1-2H3/t14-/m1/s1. The molecular formula is C18H20N4OS. The smallest absolute Gasteiger partial charge is 0.274 e. The quantitative estimate of drug-likeness (QED) is 0.718. The van der Waals surface area contributed by atoms with Crippen molar-refractivity contribution >= 4 is 22.9 Å². The van der Waals surface area contributed by atoms with Crippen LogP contribution in [0.3, 0.4) is 0 Å². The molecule has 1 atom stereocenters. The third kappa shape index (κ3) is 2.71. The Morgan fingerprint density at radius 2 is 2.21 bits per heavy atom. The lowest BCUT2D eigenvalue weighted by molar-refractivity contribution is 0.0702. The number of hydrogen-bond acceptors (Lipinski definition) is 4. The lowest BCUT2D eigenvalue weighted by Crippen LogP contribution is -2.39. The highest BCUT2D eigenvalue weighted by atomic mass is 32.1. The highest BCUT2D eigenvalue weighted by Crippen LogP contribution is 2.30. The van der Waals surface area contributed by atoms with Crippen molar-refractivity contribution in [2.75, 3.05) is 13.1 Å². The number of pyridine rings is 1. The zero-order valence-electron chi connectivity index (χ0n) is 13.9. The summed E-state index contributed by atoms with van der Waals surface area (Å²) in [5, 5.41) is 1.15. The Balaban J connectivity index is 1.57. The molecule has 0 aliphatic carbocycles. The van der Waals surface area contributed by atoms with Crippen molar-refractivity contribution in [3.8, 4) is 0 Å². The second kappa shape index (κ2) is 6.02. The third-order valence-electron chi connectivity index (χ3n) is 4.61. The molecule has 4 heterocycles. The van der Waals surface area contributed by atoms with Crippen LogP contribution in [0, 0.1) is 13.8 Å². The first-order valence-corrected chi connectivity index (χ1v) is 9.10. The molecule has 0 bridgehead atoms. The van der Waals surface area contributed by atoms with Gasteiger partial charge >= 0.3 is 0 Å². The summed E-state index contributed by atoms with van der Waals surface area (Å²) in [7, 11) is 0. The van der Waals surface area contributed by atoms with Gasteiger partial charge in [-0.25, -0.2) is 9.97 Å². The number of aryl methyl sites for hydroxylation is 2. The normalized spacial score (nSPS) is 18.2. The topological polar surface area (TPSA) is 50.5 Å². The molecule has 24 heavy (non-hydrogen) atoms. The van der Waals surface area contributed by atoms with Gasteiger partial charge in [0.2, 0.25) is 0 Å². The average molecular weight is 340 g/mol. The van der Waals surface area contributed by atoms with Crippen LogP contribution in [0.5, 0.6) is 0 Å². The largest absolute Gasteiger partial charge is 0.337 e. The Bertz CT molecular complexity index is 897. The maximum absolute atomic E-state index is 12.9. The Labute approximate surface area is 145 Å². The first kappa shape index (κ1) is 15.3. The molecule has 124 valence electrons. The predicted octanol–water partition coefficient (Wildman–Crippen LogP) is 3.43. The molecule has 0 spiro atoms. The van der Waals surface area contributed by atoms with Gasteiger partial charge in [-0.3, -0.25) is 4.79 Å². The molecule has 1 saturated heterocycles. The van der Waals surface area contributed by atoms with Crippen molar-refractivity contribution in [3.05, 3.63) is 51.9 Å². The van der Waals surface area contributed by atoms with Crippen molar-refractivity contribution in [2.24, 2.45) is 0 Å². The van der Waals surface area contributed by atoms with E-state index < -0.39 is 0 Å².